The van der Waals surface area contributed by atoms with Crippen LogP contribution in [0.3, 0.4) is 0 Å². The van der Waals surface area contributed by atoms with Gasteiger partial charge in [-0.1, -0.05) is 19.3 Å². The Morgan fingerprint density at radius 3 is 1.71 bits per heavy atom. The summed E-state index contributed by atoms with van der Waals surface area (Å²) in [7, 11) is 0. The minimum absolute atomic E-state index is 0. The van der Waals surface area contributed by atoms with Crippen molar-refractivity contribution in [1.29, 1.82) is 5.26 Å². The number of hydrogen-bond donors (Lipinski definition) is 2. The van der Waals surface area contributed by atoms with Gasteiger partial charge in [0.25, 0.3) is 23.6 Å². The van der Waals surface area contributed by atoms with Crippen LogP contribution < -0.4 is 0 Å². The molecule has 1 aliphatic carbocycles. The molecular weight excluding hydrogens is 410 g/mol. The molecule has 4 nitrogen and oxygen atoms in total. The summed E-state index contributed by atoms with van der Waals surface area (Å²) in [5, 5.41) is 23.5. The summed E-state index contributed by atoms with van der Waals surface area (Å²) in [6, 6.07) is 2.30. The molecule has 0 bridgehead atoms. The molecule has 0 aromatic carbocycles. The van der Waals surface area contributed by atoms with Crippen molar-refractivity contribution in [1.82, 2.24) is 0 Å². The third kappa shape index (κ3) is 15.1. The predicted molar refractivity (Wildman–Crippen MR) is 47.7 cm³/mol. The van der Waals surface area contributed by atoms with E-state index in [1.807, 2.05) is 0 Å². The van der Waals surface area contributed by atoms with Gasteiger partial charge in [0.05, 0.1) is 6.07 Å². The zero-order valence-corrected chi connectivity index (χ0v) is 11.3. The molecule has 1 saturated carbocycles. The van der Waals surface area contributed by atoms with Gasteiger partial charge in [-0.3, -0.25) is 0 Å². The average molecular weight is 423 g/mol. The standard InChI is InChI=1S/C7H11N.Cl2H2NO2.Pt/c8-6-7-4-2-1-3-5-7;1-3(2,4)5;/h7H,1-5H2;4-5H;/q;+1;. The third-order valence-electron chi connectivity index (χ3n) is 1.79. The van der Waals surface area contributed by atoms with E-state index < -0.39 is 3.85 Å². The predicted octanol–water partition coefficient (Wildman–Crippen LogP) is 2.98. The molecule has 86 valence electrons. The number of halogens is 2. The van der Waals surface area contributed by atoms with E-state index in [1.54, 1.807) is 0 Å². The second-order valence-corrected chi connectivity index (χ2v) is 4.04. The summed E-state index contributed by atoms with van der Waals surface area (Å²) >= 11 is 8.69. The van der Waals surface area contributed by atoms with Gasteiger partial charge in [-0.15, -0.1) is 10.4 Å². The van der Waals surface area contributed by atoms with Crippen LogP contribution in [0.4, 0.5) is 0 Å². The largest absolute Gasteiger partial charge is 0.268 e. The zero-order valence-electron chi connectivity index (χ0n) is 7.47. The molecule has 1 rings (SSSR count). The van der Waals surface area contributed by atoms with Crippen molar-refractivity contribution >= 4 is 23.6 Å². The molecule has 0 heterocycles. The van der Waals surface area contributed by atoms with E-state index in [4.69, 9.17) is 15.7 Å². The van der Waals surface area contributed by atoms with E-state index in [0.29, 0.717) is 5.92 Å². The molecule has 14 heavy (non-hydrogen) atoms. The second-order valence-electron chi connectivity index (χ2n) is 2.92. The van der Waals surface area contributed by atoms with Gasteiger partial charge in [0.15, 0.2) is 3.85 Å². The first-order chi connectivity index (χ1) is 5.93. The minimum atomic E-state index is -2.06. The Morgan fingerprint density at radius 2 is 1.50 bits per heavy atom. The summed E-state index contributed by atoms with van der Waals surface area (Å²) in [5.74, 6) is 0.392. The van der Waals surface area contributed by atoms with Gasteiger partial charge in [-0.25, -0.2) is 0 Å². The molecule has 1 aliphatic rings. The van der Waals surface area contributed by atoms with Crippen LogP contribution in [0.2, 0.25) is 0 Å². The smallest absolute Gasteiger partial charge is 0.198 e. The van der Waals surface area contributed by atoms with E-state index in [0.717, 1.165) is 12.8 Å². The Balaban J connectivity index is 0. The fraction of sp³-hybridized carbons (Fsp3) is 0.857. The zero-order chi connectivity index (χ0) is 10.3. The number of hydrogen-bond acceptors (Lipinski definition) is 3. The second kappa shape index (κ2) is 8.91. The average Bonchev–Trinajstić information content (AvgIpc) is 2.03. The van der Waals surface area contributed by atoms with Crippen LogP contribution in [0.1, 0.15) is 32.1 Å². The molecule has 0 saturated heterocycles. The van der Waals surface area contributed by atoms with Gasteiger partial charge in [0, 0.05) is 27.0 Å². The van der Waals surface area contributed by atoms with Crippen molar-refractivity contribution in [2.24, 2.45) is 5.92 Å². The van der Waals surface area contributed by atoms with Crippen LogP contribution in [0.15, 0.2) is 0 Å². The van der Waals surface area contributed by atoms with Crippen molar-refractivity contribution in [2.75, 3.05) is 0 Å². The summed E-state index contributed by atoms with van der Waals surface area (Å²) in [6.45, 7) is 0. The van der Waals surface area contributed by atoms with Crippen LogP contribution >= 0.6 is 23.6 Å². The van der Waals surface area contributed by atoms with E-state index in [-0.39, 0.29) is 21.1 Å². The van der Waals surface area contributed by atoms with Crippen molar-refractivity contribution in [3.63, 3.8) is 0 Å². The molecule has 0 spiro atoms. The van der Waals surface area contributed by atoms with E-state index in [9.17, 15) is 0 Å². The minimum Gasteiger partial charge on any atom is -0.198 e. The van der Waals surface area contributed by atoms with E-state index in [1.165, 1.54) is 19.3 Å². The van der Waals surface area contributed by atoms with Gasteiger partial charge < -0.3 is 0 Å². The Bertz CT molecular complexity index is 170. The molecule has 0 atom stereocenters. The molecule has 2 N–H and O–H groups in total. The Labute approximate surface area is 108 Å². The summed E-state index contributed by atoms with van der Waals surface area (Å²) in [4.78, 5) is 0. The van der Waals surface area contributed by atoms with Crippen molar-refractivity contribution < 1.29 is 35.3 Å². The maximum absolute atomic E-state index is 8.44. The summed E-state index contributed by atoms with van der Waals surface area (Å²) < 4.78 is -2.06. The van der Waals surface area contributed by atoms with Gasteiger partial charge in [0.1, 0.15) is 0 Å². The topological polar surface area (TPSA) is 64.2 Å². The first kappa shape index (κ1) is 17.0. The molecule has 0 amide bonds. The van der Waals surface area contributed by atoms with Crippen LogP contribution in [0.25, 0.3) is 0 Å². The molecule has 0 aromatic rings. The first-order valence-electron chi connectivity index (χ1n) is 4.07. The fourth-order valence-corrected chi connectivity index (χ4v) is 1.23. The maximum atomic E-state index is 8.44. The Hall–Kier alpha value is 0.638. The quantitative estimate of drug-likeness (QED) is 0.465. The van der Waals surface area contributed by atoms with Gasteiger partial charge in [-0.05, 0) is 12.8 Å². The normalized spacial score (nSPS) is 17.1. The van der Waals surface area contributed by atoms with Crippen LogP contribution in [0, 0.1) is 17.2 Å². The van der Waals surface area contributed by atoms with E-state index >= 15 is 0 Å². The molecule has 0 aromatic heterocycles. The number of nitriles is 1. The monoisotopic (exact) mass is 422 g/mol. The van der Waals surface area contributed by atoms with Gasteiger partial charge in [0.2, 0.25) is 0 Å². The summed E-state index contributed by atoms with van der Waals surface area (Å²) in [6.07, 6.45) is 6.20. The molecule has 1 fully saturated rings. The number of rotatable bonds is 0. The first-order valence-corrected chi connectivity index (χ1v) is 4.74. The Kier molecular flexibility index (Phi) is 10.8. The number of quaternary nitrogens is 1. The van der Waals surface area contributed by atoms with Crippen LogP contribution in [0.5, 0.6) is 0 Å². The molecule has 0 radical (unpaired) electrons. The number of nitrogens with zero attached hydrogens (tertiary/aromatic N) is 2. The van der Waals surface area contributed by atoms with Crippen molar-refractivity contribution in [3.05, 3.63) is 0 Å². The van der Waals surface area contributed by atoms with E-state index in [2.05, 4.69) is 29.6 Å². The summed E-state index contributed by atoms with van der Waals surface area (Å²) in [5.41, 5.74) is 0. The molecule has 0 unspecified atom stereocenters. The van der Waals surface area contributed by atoms with Crippen LogP contribution in [-0.2, 0) is 21.1 Å². The molecular formula is C7H13Cl2N2O2Pt+. The maximum Gasteiger partial charge on any atom is 0.268 e. The van der Waals surface area contributed by atoms with Gasteiger partial charge in [-0.2, -0.15) is 5.26 Å². The SMILES string of the molecule is N#CC1CCCCC1.O[N+](O)(Cl)Cl.[Pt]. The Morgan fingerprint density at radius 1 is 1.14 bits per heavy atom. The van der Waals surface area contributed by atoms with Crippen molar-refractivity contribution in [2.45, 2.75) is 32.1 Å². The van der Waals surface area contributed by atoms with Crippen LogP contribution in [-0.4, -0.2) is 14.3 Å². The fourth-order valence-electron chi connectivity index (χ4n) is 1.23. The third-order valence-corrected chi connectivity index (χ3v) is 1.79. The molecule has 0 aliphatic heterocycles. The van der Waals surface area contributed by atoms with Crippen molar-refractivity contribution in [3.8, 4) is 6.07 Å². The van der Waals surface area contributed by atoms with Gasteiger partial charge >= 0.3 is 0 Å². The molecule has 7 heteroatoms.